The number of nitrogens with one attached hydrogen (secondary N) is 1. The van der Waals surface area contributed by atoms with E-state index in [1.807, 2.05) is 0 Å². The van der Waals surface area contributed by atoms with Gasteiger partial charge in [0.1, 0.15) is 0 Å². The topological polar surface area (TPSA) is 75.7 Å². The van der Waals surface area contributed by atoms with Crippen molar-refractivity contribution in [3.8, 4) is 0 Å². The molecule has 0 bridgehead atoms. The minimum Gasteiger partial charge on any atom is -0.376 e. The van der Waals surface area contributed by atoms with Crippen LogP contribution in [0.15, 0.2) is 18.2 Å². The third kappa shape index (κ3) is 3.98. The van der Waals surface area contributed by atoms with Crippen LogP contribution in [0.3, 0.4) is 0 Å². The third-order valence-corrected chi connectivity index (χ3v) is 5.00. The number of ether oxygens (including phenoxy) is 1. The van der Waals surface area contributed by atoms with Crippen molar-refractivity contribution in [1.29, 1.82) is 0 Å². The predicted molar refractivity (Wildman–Crippen MR) is 85.7 cm³/mol. The molecular formula is C15H22N2O4S. The maximum Gasteiger partial charge on any atom is 0.251 e. The molecule has 1 amide bonds. The van der Waals surface area contributed by atoms with Gasteiger partial charge in [0.05, 0.1) is 18.0 Å². The number of hydrogen-bond donors (Lipinski definition) is 1. The number of rotatable bonds is 5. The first kappa shape index (κ1) is 16.8. The van der Waals surface area contributed by atoms with E-state index < -0.39 is 10.0 Å². The van der Waals surface area contributed by atoms with Gasteiger partial charge in [-0.1, -0.05) is 0 Å². The largest absolute Gasteiger partial charge is 0.376 e. The fourth-order valence-corrected chi connectivity index (χ4v) is 3.00. The van der Waals surface area contributed by atoms with Gasteiger partial charge < -0.3 is 10.1 Å². The van der Waals surface area contributed by atoms with Crippen molar-refractivity contribution in [3.63, 3.8) is 0 Å². The van der Waals surface area contributed by atoms with E-state index in [-0.39, 0.29) is 12.0 Å². The van der Waals surface area contributed by atoms with E-state index in [0.717, 1.165) is 31.3 Å². The van der Waals surface area contributed by atoms with Gasteiger partial charge in [-0.2, -0.15) is 0 Å². The number of aryl methyl sites for hydroxylation is 1. The van der Waals surface area contributed by atoms with Crippen LogP contribution in [0, 0.1) is 6.92 Å². The molecule has 0 spiro atoms. The molecule has 1 atom stereocenters. The lowest BCUT2D eigenvalue weighted by molar-refractivity contribution is 0.0857. The summed E-state index contributed by atoms with van der Waals surface area (Å²) in [5.74, 6) is -0.174. The molecule has 1 aliphatic rings. The summed E-state index contributed by atoms with van der Waals surface area (Å²) in [6, 6.07) is 4.98. The highest BCUT2D eigenvalue weighted by Gasteiger charge is 2.18. The second-order valence-corrected chi connectivity index (χ2v) is 7.59. The highest BCUT2D eigenvalue weighted by molar-refractivity contribution is 7.92. The van der Waals surface area contributed by atoms with Crippen LogP contribution >= 0.6 is 0 Å². The van der Waals surface area contributed by atoms with Gasteiger partial charge in [0.15, 0.2) is 0 Å². The monoisotopic (exact) mass is 326 g/mol. The van der Waals surface area contributed by atoms with Crippen LogP contribution in [0.1, 0.15) is 28.8 Å². The fraction of sp³-hybridized carbons (Fsp3) is 0.533. The molecule has 1 aromatic rings. The van der Waals surface area contributed by atoms with Gasteiger partial charge in [-0.25, -0.2) is 8.42 Å². The molecule has 1 saturated heterocycles. The highest BCUT2D eigenvalue weighted by atomic mass is 32.2. The Morgan fingerprint density at radius 3 is 2.73 bits per heavy atom. The lowest BCUT2D eigenvalue weighted by atomic mass is 10.1. The zero-order valence-corrected chi connectivity index (χ0v) is 13.9. The normalized spacial score (nSPS) is 18.2. The van der Waals surface area contributed by atoms with Crippen LogP contribution in [0.25, 0.3) is 0 Å². The average molecular weight is 326 g/mol. The van der Waals surface area contributed by atoms with Gasteiger partial charge in [-0.05, 0) is 43.5 Å². The van der Waals surface area contributed by atoms with Crippen LogP contribution in [0.2, 0.25) is 0 Å². The highest BCUT2D eigenvalue weighted by Crippen LogP contribution is 2.22. The van der Waals surface area contributed by atoms with Crippen molar-refractivity contribution in [2.75, 3.05) is 30.8 Å². The summed E-state index contributed by atoms with van der Waals surface area (Å²) >= 11 is 0. The Labute approximate surface area is 131 Å². The maximum absolute atomic E-state index is 12.1. The Kier molecular flexibility index (Phi) is 5.08. The number of amides is 1. The number of nitrogens with zero attached hydrogens (tertiary/aromatic N) is 1. The molecule has 1 aliphatic heterocycles. The average Bonchev–Trinajstić information content (AvgIpc) is 2.96. The van der Waals surface area contributed by atoms with Crippen LogP contribution in [-0.2, 0) is 14.8 Å². The molecule has 1 N–H and O–H groups in total. The van der Waals surface area contributed by atoms with Gasteiger partial charge in [-0.3, -0.25) is 9.10 Å². The zero-order valence-electron chi connectivity index (χ0n) is 13.1. The van der Waals surface area contributed by atoms with Crippen molar-refractivity contribution in [1.82, 2.24) is 5.32 Å². The molecule has 6 nitrogen and oxygen atoms in total. The second-order valence-electron chi connectivity index (χ2n) is 5.58. The van der Waals surface area contributed by atoms with Crippen molar-refractivity contribution < 1.29 is 17.9 Å². The molecule has 122 valence electrons. The minimum atomic E-state index is -3.32. The first-order valence-electron chi connectivity index (χ1n) is 7.23. The first-order valence-corrected chi connectivity index (χ1v) is 9.08. The van der Waals surface area contributed by atoms with Crippen LogP contribution in [-0.4, -0.2) is 46.9 Å². The van der Waals surface area contributed by atoms with Crippen molar-refractivity contribution >= 4 is 21.6 Å². The van der Waals surface area contributed by atoms with Crippen molar-refractivity contribution in [2.45, 2.75) is 25.9 Å². The first-order chi connectivity index (χ1) is 10.3. The molecule has 0 aromatic heterocycles. The Hall–Kier alpha value is -1.60. The summed E-state index contributed by atoms with van der Waals surface area (Å²) in [6.45, 7) is 3.04. The summed E-state index contributed by atoms with van der Waals surface area (Å²) < 4.78 is 29.8. The smallest absolute Gasteiger partial charge is 0.251 e. The Bertz CT molecular complexity index is 652. The molecule has 22 heavy (non-hydrogen) atoms. The molecule has 1 heterocycles. The van der Waals surface area contributed by atoms with E-state index >= 15 is 0 Å². The number of carbonyl (C=O) groups is 1. The molecule has 0 aliphatic carbocycles. The Balaban J connectivity index is 2.06. The van der Waals surface area contributed by atoms with Crippen LogP contribution in [0.5, 0.6) is 0 Å². The third-order valence-electron chi connectivity index (χ3n) is 3.81. The number of hydrogen-bond acceptors (Lipinski definition) is 4. The maximum atomic E-state index is 12.1. The second kappa shape index (κ2) is 6.66. The Morgan fingerprint density at radius 2 is 2.18 bits per heavy atom. The molecule has 7 heteroatoms. The van der Waals surface area contributed by atoms with E-state index in [2.05, 4.69) is 5.32 Å². The molecule has 2 rings (SSSR count). The number of anilines is 1. The van der Waals surface area contributed by atoms with E-state index in [9.17, 15) is 13.2 Å². The predicted octanol–water partition coefficient (Wildman–Crippen LogP) is 1.30. The summed E-state index contributed by atoms with van der Waals surface area (Å²) in [7, 11) is -1.82. The molecule has 1 aromatic carbocycles. The fourth-order valence-electron chi connectivity index (χ4n) is 2.44. The van der Waals surface area contributed by atoms with Gasteiger partial charge in [0, 0.05) is 25.8 Å². The number of carbonyl (C=O) groups excluding carboxylic acids is 1. The standard InChI is InChI=1S/C15H22N2O4S/c1-11-9-12(6-7-14(11)17(2)22(3,19)20)15(18)16-10-13-5-4-8-21-13/h6-7,9,13H,4-5,8,10H2,1-3H3,(H,16,18)/t13-/m0/s1. The van der Waals surface area contributed by atoms with Gasteiger partial charge in [-0.15, -0.1) is 0 Å². The molecule has 0 unspecified atom stereocenters. The van der Waals surface area contributed by atoms with E-state index in [1.165, 1.54) is 11.4 Å². The molecule has 0 saturated carbocycles. The molecule has 1 fully saturated rings. The summed E-state index contributed by atoms with van der Waals surface area (Å²) in [5.41, 5.74) is 1.82. The van der Waals surface area contributed by atoms with Gasteiger partial charge in [0.25, 0.3) is 5.91 Å². The van der Waals surface area contributed by atoms with E-state index in [1.54, 1.807) is 25.1 Å². The molecule has 0 radical (unpaired) electrons. The number of benzene rings is 1. The lowest BCUT2D eigenvalue weighted by Crippen LogP contribution is -2.32. The van der Waals surface area contributed by atoms with E-state index in [0.29, 0.717) is 17.8 Å². The number of sulfonamides is 1. The minimum absolute atomic E-state index is 0.0979. The zero-order chi connectivity index (χ0) is 16.3. The van der Waals surface area contributed by atoms with Gasteiger partial charge >= 0.3 is 0 Å². The summed E-state index contributed by atoms with van der Waals surface area (Å²) in [5, 5.41) is 2.85. The van der Waals surface area contributed by atoms with Crippen molar-refractivity contribution in [2.24, 2.45) is 0 Å². The summed E-state index contributed by atoms with van der Waals surface area (Å²) in [4.78, 5) is 12.1. The molecular weight excluding hydrogens is 304 g/mol. The lowest BCUT2D eigenvalue weighted by Gasteiger charge is -2.19. The SMILES string of the molecule is Cc1cc(C(=O)NC[C@@H]2CCCO2)ccc1N(C)S(C)(=O)=O. The van der Waals surface area contributed by atoms with Crippen LogP contribution in [0.4, 0.5) is 5.69 Å². The van der Waals surface area contributed by atoms with Crippen molar-refractivity contribution in [3.05, 3.63) is 29.3 Å². The summed E-state index contributed by atoms with van der Waals surface area (Å²) in [6.07, 6.45) is 3.25. The van der Waals surface area contributed by atoms with E-state index in [4.69, 9.17) is 4.74 Å². The van der Waals surface area contributed by atoms with Crippen LogP contribution < -0.4 is 9.62 Å². The Morgan fingerprint density at radius 1 is 1.45 bits per heavy atom. The quantitative estimate of drug-likeness (QED) is 0.885. The van der Waals surface area contributed by atoms with Gasteiger partial charge in [0.2, 0.25) is 10.0 Å².